The Hall–Kier alpha value is -0.710. The van der Waals surface area contributed by atoms with Crippen molar-refractivity contribution in [3.8, 4) is 0 Å². The molecule has 0 spiro atoms. The number of carbonyl (C=O) groups is 2. The van der Waals surface area contributed by atoms with E-state index in [0.717, 1.165) is 0 Å². The van der Waals surface area contributed by atoms with Crippen molar-refractivity contribution in [3.05, 3.63) is 0 Å². The average molecular weight is 162 g/mol. The number of carbonyl (C=O) groups excluding carboxylic acids is 2. The van der Waals surface area contributed by atoms with Crippen LogP contribution in [-0.2, 0) is 9.59 Å². The maximum Gasteiger partial charge on any atom is 0.220 e. The van der Waals surface area contributed by atoms with E-state index in [9.17, 15) is 9.59 Å². The zero-order valence-electron chi connectivity index (χ0n) is 5.63. The van der Waals surface area contributed by atoms with Gasteiger partial charge in [-0.05, 0) is 0 Å². The van der Waals surface area contributed by atoms with Crippen molar-refractivity contribution >= 4 is 24.4 Å². The quantitative estimate of drug-likeness (QED) is 0.377. The Morgan fingerprint density at radius 2 is 2.20 bits per heavy atom. The summed E-state index contributed by atoms with van der Waals surface area (Å²) in [5, 5.41) is 1.94. The van der Waals surface area contributed by atoms with Crippen molar-refractivity contribution in [2.45, 2.75) is 18.7 Å². The number of rotatable bonds is 3. The molecule has 4 nitrogen and oxygen atoms in total. The lowest BCUT2D eigenvalue weighted by Crippen LogP contribution is -2.32. The molecule has 10 heavy (non-hydrogen) atoms. The molecule has 0 aromatic heterocycles. The van der Waals surface area contributed by atoms with Gasteiger partial charge in [-0.3, -0.25) is 9.59 Å². The van der Waals surface area contributed by atoms with Crippen LogP contribution in [0.3, 0.4) is 0 Å². The molecule has 0 fully saturated rings. The monoisotopic (exact) mass is 162 g/mol. The maximum absolute atomic E-state index is 10.3. The summed E-state index contributed by atoms with van der Waals surface area (Å²) in [6, 6.07) is 0. The van der Waals surface area contributed by atoms with E-state index in [4.69, 9.17) is 5.73 Å². The Morgan fingerprint density at radius 1 is 1.70 bits per heavy atom. The van der Waals surface area contributed by atoms with E-state index >= 15 is 0 Å². The second-order valence-corrected chi connectivity index (χ2v) is 2.51. The Morgan fingerprint density at radius 3 is 2.50 bits per heavy atom. The molecular formula is C5H10N2O2S. The fourth-order valence-electron chi connectivity index (χ4n) is 0.476. The first-order valence-corrected chi connectivity index (χ1v) is 3.27. The second kappa shape index (κ2) is 4.16. The molecule has 0 aliphatic rings. The molecule has 1 atom stereocenters. The third kappa shape index (κ3) is 5.43. The van der Waals surface area contributed by atoms with Crippen molar-refractivity contribution in [2.75, 3.05) is 0 Å². The van der Waals surface area contributed by atoms with E-state index in [0.29, 0.717) is 0 Å². The largest absolute Gasteiger partial charge is 0.370 e. The molecule has 0 saturated heterocycles. The normalized spacial score (nSPS) is 12.2. The van der Waals surface area contributed by atoms with Gasteiger partial charge in [-0.1, -0.05) is 0 Å². The van der Waals surface area contributed by atoms with Gasteiger partial charge < -0.3 is 11.1 Å². The van der Waals surface area contributed by atoms with Gasteiger partial charge in [0.25, 0.3) is 0 Å². The van der Waals surface area contributed by atoms with E-state index in [2.05, 4.69) is 17.9 Å². The molecule has 0 heterocycles. The lowest BCUT2D eigenvalue weighted by Gasteiger charge is -2.07. The summed E-state index contributed by atoms with van der Waals surface area (Å²) in [5.74, 6) is -0.699. The Labute approximate surface area is 64.6 Å². The van der Waals surface area contributed by atoms with E-state index in [-0.39, 0.29) is 12.3 Å². The minimum Gasteiger partial charge on any atom is -0.370 e. The predicted octanol–water partition coefficient (Wildman–Crippen LogP) is -0.746. The number of thiol groups is 1. The highest BCUT2D eigenvalue weighted by Gasteiger charge is 2.06. The molecule has 1 unspecified atom stereocenters. The van der Waals surface area contributed by atoms with Gasteiger partial charge in [-0.2, -0.15) is 12.6 Å². The average Bonchev–Trinajstić information content (AvgIpc) is 1.58. The molecule has 0 radical (unpaired) electrons. The third-order valence-electron chi connectivity index (χ3n) is 0.764. The number of nitrogens with two attached hydrogens (primary N) is 1. The smallest absolute Gasteiger partial charge is 0.220 e. The molecular weight excluding hydrogens is 152 g/mol. The standard InChI is InChI=1S/C5H10N2O2S/c1-3(8)7-5(10)2-4(6)9/h5,10H,2H2,1H3,(H2,6,9)(H,7,8). The summed E-state index contributed by atoms with van der Waals surface area (Å²) in [6.45, 7) is 1.35. The molecule has 0 rings (SSSR count). The van der Waals surface area contributed by atoms with Crippen LogP contribution in [0.4, 0.5) is 0 Å². The number of amides is 2. The van der Waals surface area contributed by atoms with Gasteiger partial charge in [0.15, 0.2) is 0 Å². The topological polar surface area (TPSA) is 72.2 Å². The molecule has 0 aromatic carbocycles. The Bertz CT molecular complexity index is 133. The van der Waals surface area contributed by atoms with Gasteiger partial charge >= 0.3 is 0 Å². The van der Waals surface area contributed by atoms with Gasteiger partial charge in [-0.25, -0.2) is 0 Å². The highest BCUT2D eigenvalue weighted by Crippen LogP contribution is 1.94. The molecule has 0 aliphatic carbocycles. The van der Waals surface area contributed by atoms with Crippen LogP contribution < -0.4 is 11.1 Å². The third-order valence-corrected chi connectivity index (χ3v) is 1.08. The van der Waals surface area contributed by atoms with Crippen molar-refractivity contribution in [2.24, 2.45) is 5.73 Å². The molecule has 2 amide bonds. The fraction of sp³-hybridized carbons (Fsp3) is 0.600. The van der Waals surface area contributed by atoms with Crippen LogP contribution in [0.2, 0.25) is 0 Å². The fourth-order valence-corrected chi connectivity index (χ4v) is 0.838. The zero-order chi connectivity index (χ0) is 8.15. The summed E-state index contributed by atoms with van der Waals surface area (Å²) < 4.78 is 0. The van der Waals surface area contributed by atoms with Crippen molar-refractivity contribution < 1.29 is 9.59 Å². The van der Waals surface area contributed by atoms with E-state index in [1.165, 1.54) is 6.92 Å². The van der Waals surface area contributed by atoms with Crippen LogP contribution in [0.15, 0.2) is 0 Å². The van der Waals surface area contributed by atoms with Crippen molar-refractivity contribution in [1.82, 2.24) is 5.32 Å². The van der Waals surface area contributed by atoms with Gasteiger partial charge in [0.1, 0.15) is 0 Å². The van der Waals surface area contributed by atoms with Crippen LogP contribution in [0.1, 0.15) is 13.3 Å². The molecule has 5 heteroatoms. The number of nitrogens with one attached hydrogen (secondary N) is 1. The van der Waals surface area contributed by atoms with E-state index in [1.54, 1.807) is 0 Å². The molecule has 58 valence electrons. The van der Waals surface area contributed by atoms with E-state index in [1.807, 2.05) is 0 Å². The molecule has 0 aromatic rings. The second-order valence-electron chi connectivity index (χ2n) is 1.89. The van der Waals surface area contributed by atoms with Gasteiger partial charge in [-0.15, -0.1) is 0 Å². The SMILES string of the molecule is CC(=O)NC(S)CC(N)=O. The summed E-state index contributed by atoms with van der Waals surface area (Å²) in [4.78, 5) is 20.5. The highest BCUT2D eigenvalue weighted by atomic mass is 32.1. The van der Waals surface area contributed by atoms with Gasteiger partial charge in [0.05, 0.1) is 11.8 Å². The first-order chi connectivity index (χ1) is 4.52. The van der Waals surface area contributed by atoms with Gasteiger partial charge in [0.2, 0.25) is 11.8 Å². The van der Waals surface area contributed by atoms with Crippen molar-refractivity contribution in [1.29, 1.82) is 0 Å². The lowest BCUT2D eigenvalue weighted by atomic mass is 10.4. The van der Waals surface area contributed by atoms with Crippen LogP contribution in [0.5, 0.6) is 0 Å². The first-order valence-electron chi connectivity index (χ1n) is 2.76. The van der Waals surface area contributed by atoms with E-state index < -0.39 is 11.3 Å². The summed E-state index contributed by atoms with van der Waals surface area (Å²) in [5.41, 5.74) is 4.83. The first kappa shape index (κ1) is 9.29. The molecule has 0 bridgehead atoms. The zero-order valence-corrected chi connectivity index (χ0v) is 6.52. The highest BCUT2D eigenvalue weighted by molar-refractivity contribution is 7.80. The summed E-state index contributed by atoms with van der Waals surface area (Å²) in [7, 11) is 0. The number of primary amides is 1. The lowest BCUT2D eigenvalue weighted by molar-refractivity contribution is -0.120. The molecule has 0 aliphatic heterocycles. The predicted molar refractivity (Wildman–Crippen MR) is 40.4 cm³/mol. The van der Waals surface area contributed by atoms with Crippen molar-refractivity contribution in [3.63, 3.8) is 0 Å². The van der Waals surface area contributed by atoms with Gasteiger partial charge in [0, 0.05) is 6.92 Å². The van der Waals surface area contributed by atoms with Crippen LogP contribution in [0, 0.1) is 0 Å². The summed E-state index contributed by atoms with van der Waals surface area (Å²) in [6.07, 6.45) is 0.0582. The van der Waals surface area contributed by atoms with Crippen LogP contribution >= 0.6 is 12.6 Å². The minimum atomic E-state index is -0.478. The van der Waals surface area contributed by atoms with Crippen LogP contribution in [-0.4, -0.2) is 17.2 Å². The molecule has 3 N–H and O–H groups in total. The number of hydrogen-bond donors (Lipinski definition) is 3. The Kier molecular flexibility index (Phi) is 3.87. The maximum atomic E-state index is 10.3. The van der Waals surface area contributed by atoms with Crippen LogP contribution in [0.25, 0.3) is 0 Å². The molecule has 0 saturated carbocycles. The minimum absolute atomic E-state index is 0.0582. The summed E-state index contributed by atoms with van der Waals surface area (Å²) >= 11 is 3.88. The number of hydrogen-bond acceptors (Lipinski definition) is 3. The Balaban J connectivity index is 3.53.